The maximum atomic E-state index is 9.98. The molecule has 140 valence electrons. The molecule has 1 N–H and O–H groups in total. The van der Waals surface area contributed by atoms with Crippen LogP contribution < -0.4 is 0 Å². The van der Waals surface area contributed by atoms with Gasteiger partial charge in [0.2, 0.25) is 0 Å². The minimum absolute atomic E-state index is 0. The van der Waals surface area contributed by atoms with Crippen LogP contribution in [0.3, 0.4) is 0 Å². The van der Waals surface area contributed by atoms with E-state index in [4.69, 9.17) is 9.90 Å². The molecule has 0 atom stereocenters. The second-order valence-electron chi connectivity index (χ2n) is 5.07. The zero-order valence-electron chi connectivity index (χ0n) is 14.9. The van der Waals surface area contributed by atoms with Gasteiger partial charge < -0.3 is 9.84 Å². The van der Waals surface area contributed by atoms with Gasteiger partial charge in [0.25, 0.3) is 5.97 Å². The first-order valence-corrected chi connectivity index (χ1v) is 7.87. The van der Waals surface area contributed by atoms with E-state index in [0.29, 0.717) is 6.61 Å². The van der Waals surface area contributed by atoms with Gasteiger partial charge in [0.05, 0.1) is 17.6 Å². The van der Waals surface area contributed by atoms with E-state index in [1.165, 1.54) is 6.92 Å². The molecule has 0 saturated heterocycles. The molecule has 2 heterocycles. The van der Waals surface area contributed by atoms with Gasteiger partial charge in [0, 0.05) is 37.0 Å². The van der Waals surface area contributed by atoms with E-state index in [9.17, 15) is 4.79 Å². The van der Waals surface area contributed by atoms with Crippen molar-refractivity contribution in [2.75, 3.05) is 6.61 Å². The number of hydrogen-bond acceptors (Lipinski definition) is 5. The normalized spacial score (nSPS) is 9.04. The van der Waals surface area contributed by atoms with Gasteiger partial charge in [0.15, 0.2) is 0 Å². The van der Waals surface area contributed by atoms with E-state index < -0.39 is 5.97 Å². The van der Waals surface area contributed by atoms with Crippen molar-refractivity contribution in [3.05, 3.63) is 48.8 Å². The van der Waals surface area contributed by atoms with Crippen molar-refractivity contribution in [2.45, 2.75) is 27.2 Å². The molecular weight excluding hydrogens is 427 g/mol. The Bertz CT molecular complexity index is 781. The van der Waals surface area contributed by atoms with Crippen molar-refractivity contribution in [2.24, 2.45) is 0 Å². The van der Waals surface area contributed by atoms with Gasteiger partial charge >= 0.3 is 26.4 Å². The number of rotatable bonds is 2. The van der Waals surface area contributed by atoms with Crippen molar-refractivity contribution < 1.29 is 39.9 Å². The molecule has 3 aromatic rings. The van der Waals surface area contributed by atoms with Crippen LogP contribution in [0.2, 0.25) is 0 Å². The molecular formula is C19H22N2O4Pd+2. The third kappa shape index (κ3) is 8.65. The summed E-state index contributed by atoms with van der Waals surface area (Å²) in [6.45, 7) is 5.01. The number of hydrogen-bond donors (Lipinski definition) is 1. The van der Waals surface area contributed by atoms with Crippen molar-refractivity contribution in [1.29, 1.82) is 0 Å². The number of nitrogens with zero attached hydrogens (tertiary/aromatic N) is 2. The maximum Gasteiger partial charge on any atom is 2.00 e. The van der Waals surface area contributed by atoms with E-state index in [1.807, 2.05) is 19.1 Å². The molecule has 1 aromatic carbocycles. The summed E-state index contributed by atoms with van der Waals surface area (Å²) in [5.41, 5.74) is 1.95. The SMILES string of the molecule is CC(=O)O.CCCOC(C)=O.[Pd+2].c1cnc2c(c1)ccc1cccnc12. The number of carbonyl (C=O) groups is 2. The molecule has 0 radical (unpaired) electrons. The number of esters is 1. The summed E-state index contributed by atoms with van der Waals surface area (Å²) in [5.74, 6) is -1.03. The van der Waals surface area contributed by atoms with Gasteiger partial charge in [-0.25, -0.2) is 0 Å². The van der Waals surface area contributed by atoms with Gasteiger partial charge in [0.1, 0.15) is 0 Å². The summed E-state index contributed by atoms with van der Waals surface area (Å²) in [5, 5.41) is 9.69. The fourth-order valence-corrected chi connectivity index (χ4v) is 1.93. The predicted molar refractivity (Wildman–Crippen MR) is 97.3 cm³/mol. The molecule has 2 aromatic heterocycles. The molecule has 0 aliphatic rings. The van der Waals surface area contributed by atoms with E-state index in [1.54, 1.807) is 12.4 Å². The Hall–Kier alpha value is -2.36. The molecule has 0 unspecified atom stereocenters. The molecule has 0 fully saturated rings. The average Bonchev–Trinajstić information content (AvgIpc) is 2.60. The smallest absolute Gasteiger partial charge is 0.481 e. The van der Waals surface area contributed by atoms with Crippen LogP contribution in [0, 0.1) is 0 Å². The van der Waals surface area contributed by atoms with Crippen molar-refractivity contribution >= 4 is 33.7 Å². The van der Waals surface area contributed by atoms with Gasteiger partial charge in [-0.2, -0.15) is 0 Å². The van der Waals surface area contributed by atoms with E-state index >= 15 is 0 Å². The van der Waals surface area contributed by atoms with Crippen LogP contribution >= 0.6 is 0 Å². The number of pyridine rings is 2. The Labute approximate surface area is 166 Å². The summed E-state index contributed by atoms with van der Waals surface area (Å²) < 4.78 is 4.55. The van der Waals surface area contributed by atoms with Crippen LogP contribution in [-0.4, -0.2) is 33.6 Å². The second kappa shape index (κ2) is 12.9. The number of carbonyl (C=O) groups excluding carboxylic acids is 1. The van der Waals surface area contributed by atoms with Crippen molar-refractivity contribution in [3.8, 4) is 0 Å². The number of fused-ring (bicyclic) bond motifs is 3. The molecule has 0 spiro atoms. The first kappa shape index (κ1) is 23.6. The molecule has 6 nitrogen and oxygen atoms in total. The molecule has 0 bridgehead atoms. The van der Waals surface area contributed by atoms with E-state index in [-0.39, 0.29) is 26.4 Å². The molecule has 0 amide bonds. The zero-order valence-corrected chi connectivity index (χ0v) is 16.5. The summed E-state index contributed by atoms with van der Waals surface area (Å²) in [6, 6.07) is 12.1. The van der Waals surface area contributed by atoms with Crippen LogP contribution in [0.4, 0.5) is 0 Å². The molecule has 0 aliphatic carbocycles. The minimum atomic E-state index is -0.833. The maximum absolute atomic E-state index is 9.98. The second-order valence-corrected chi connectivity index (χ2v) is 5.07. The van der Waals surface area contributed by atoms with Crippen molar-refractivity contribution in [1.82, 2.24) is 9.97 Å². The number of benzene rings is 1. The molecule has 3 rings (SSSR count). The Kier molecular flexibility index (Phi) is 11.8. The number of aromatic nitrogens is 2. The average molecular weight is 449 g/mol. The first-order chi connectivity index (χ1) is 12.0. The standard InChI is InChI=1S/C12H8N2.C5H10O2.C2H4O2.Pd/c1-3-9-5-6-10-4-2-8-14-12(10)11(9)13-7-1;1-3-4-7-5(2)6;1-2(3)4;/h1-8H;3-4H2,1-2H3;1H3,(H,3,4);/q;;;+2. The summed E-state index contributed by atoms with van der Waals surface area (Å²) in [6.07, 6.45) is 4.51. The molecule has 0 saturated carbocycles. The molecule has 7 heteroatoms. The number of carboxylic acids is 1. The largest absolute Gasteiger partial charge is 2.00 e. The fraction of sp³-hybridized carbons (Fsp3) is 0.263. The number of carboxylic acid groups (broad SMARTS) is 1. The van der Waals surface area contributed by atoms with E-state index in [0.717, 1.165) is 35.2 Å². The van der Waals surface area contributed by atoms with Gasteiger partial charge in [-0.1, -0.05) is 31.2 Å². The van der Waals surface area contributed by atoms with Crippen molar-refractivity contribution in [3.63, 3.8) is 0 Å². The first-order valence-electron chi connectivity index (χ1n) is 7.87. The van der Waals surface area contributed by atoms with Crippen LogP contribution in [0.15, 0.2) is 48.8 Å². The number of aliphatic carboxylic acids is 1. The van der Waals surface area contributed by atoms with Gasteiger partial charge in [-0.3, -0.25) is 19.6 Å². The van der Waals surface area contributed by atoms with Crippen LogP contribution in [-0.2, 0) is 34.7 Å². The minimum Gasteiger partial charge on any atom is -0.481 e. The van der Waals surface area contributed by atoms with Gasteiger partial charge in [-0.15, -0.1) is 0 Å². The van der Waals surface area contributed by atoms with Gasteiger partial charge in [-0.05, 0) is 18.6 Å². The quantitative estimate of drug-likeness (QED) is 0.364. The number of ether oxygens (including phenoxy) is 1. The fourth-order valence-electron chi connectivity index (χ4n) is 1.93. The van der Waals surface area contributed by atoms with Crippen LogP contribution in [0.1, 0.15) is 27.2 Å². The van der Waals surface area contributed by atoms with Crippen LogP contribution in [0.25, 0.3) is 21.8 Å². The monoisotopic (exact) mass is 448 g/mol. The molecule has 0 aliphatic heterocycles. The topological polar surface area (TPSA) is 89.4 Å². The molecule has 26 heavy (non-hydrogen) atoms. The van der Waals surface area contributed by atoms with E-state index in [2.05, 4.69) is 39.0 Å². The Balaban J connectivity index is 0.000000446. The van der Waals surface area contributed by atoms with Crippen LogP contribution in [0.5, 0.6) is 0 Å². The predicted octanol–water partition coefficient (Wildman–Crippen LogP) is 3.83. The summed E-state index contributed by atoms with van der Waals surface area (Å²) in [7, 11) is 0. The summed E-state index contributed by atoms with van der Waals surface area (Å²) >= 11 is 0. The Morgan fingerprint density at radius 2 is 1.38 bits per heavy atom. The zero-order chi connectivity index (χ0) is 18.7. The third-order valence-electron chi connectivity index (χ3n) is 2.85. The third-order valence-corrected chi connectivity index (χ3v) is 2.85. The Morgan fingerprint density at radius 1 is 0.962 bits per heavy atom. The Morgan fingerprint density at radius 3 is 1.69 bits per heavy atom. The summed E-state index contributed by atoms with van der Waals surface area (Å²) in [4.78, 5) is 27.7.